The topological polar surface area (TPSA) is 57.7 Å². The summed E-state index contributed by atoms with van der Waals surface area (Å²) in [4.78, 5) is 42.7. The number of aryl methyl sites for hydroxylation is 1. The van der Waals surface area contributed by atoms with Crippen LogP contribution < -0.4 is 4.90 Å². The molecule has 0 spiro atoms. The van der Waals surface area contributed by atoms with Crippen molar-refractivity contribution in [3.8, 4) is 0 Å². The maximum atomic E-state index is 13.5. The van der Waals surface area contributed by atoms with E-state index in [0.29, 0.717) is 11.3 Å². The van der Waals surface area contributed by atoms with Crippen molar-refractivity contribution in [3.63, 3.8) is 0 Å². The highest BCUT2D eigenvalue weighted by molar-refractivity contribution is 14.1. The fraction of sp³-hybridized carbons (Fsp3) is 0.375. The van der Waals surface area contributed by atoms with Gasteiger partial charge in [-0.3, -0.25) is 14.4 Å². The number of hydrogen-bond acceptors (Lipinski definition) is 3. The van der Waals surface area contributed by atoms with Crippen LogP contribution in [0.25, 0.3) is 0 Å². The summed E-state index contributed by atoms with van der Waals surface area (Å²) < 4.78 is 1.03. The number of anilines is 1. The predicted molar refractivity (Wildman–Crippen MR) is 124 cm³/mol. The Kier molecular flexibility index (Phi) is 6.22. The van der Waals surface area contributed by atoms with E-state index in [1.54, 1.807) is 17.0 Å². The van der Waals surface area contributed by atoms with Crippen molar-refractivity contribution in [2.45, 2.75) is 57.5 Å². The molecular formula is C24H25IN2O3. The Morgan fingerprint density at radius 1 is 0.967 bits per heavy atom. The molecule has 2 aliphatic rings. The number of halogens is 1. The van der Waals surface area contributed by atoms with Crippen LogP contribution in [0.3, 0.4) is 0 Å². The van der Waals surface area contributed by atoms with Gasteiger partial charge in [0.1, 0.15) is 6.04 Å². The highest BCUT2D eigenvalue weighted by atomic mass is 127. The van der Waals surface area contributed by atoms with E-state index in [9.17, 15) is 14.4 Å². The van der Waals surface area contributed by atoms with Gasteiger partial charge in [-0.1, -0.05) is 37.0 Å². The maximum absolute atomic E-state index is 13.5. The van der Waals surface area contributed by atoms with Crippen molar-refractivity contribution in [1.82, 2.24) is 4.90 Å². The summed E-state index contributed by atoms with van der Waals surface area (Å²) in [6.07, 6.45) is 5.02. The van der Waals surface area contributed by atoms with Gasteiger partial charge in [-0.2, -0.15) is 0 Å². The van der Waals surface area contributed by atoms with Crippen LogP contribution in [0, 0.1) is 10.5 Å². The van der Waals surface area contributed by atoms with Crippen molar-refractivity contribution in [2.75, 3.05) is 4.90 Å². The summed E-state index contributed by atoms with van der Waals surface area (Å²) in [5.41, 5.74) is 2.21. The molecule has 0 radical (unpaired) electrons. The number of benzene rings is 2. The monoisotopic (exact) mass is 516 g/mol. The van der Waals surface area contributed by atoms with E-state index in [1.807, 2.05) is 43.3 Å². The lowest BCUT2D eigenvalue weighted by Crippen LogP contribution is -2.51. The second-order valence-corrected chi connectivity index (χ2v) is 9.38. The van der Waals surface area contributed by atoms with Crippen LogP contribution in [0.5, 0.6) is 0 Å². The summed E-state index contributed by atoms with van der Waals surface area (Å²) in [5.74, 6) is -0.700. The number of carbonyl (C=O) groups is 3. The number of imide groups is 1. The molecule has 1 aliphatic heterocycles. The Labute approximate surface area is 190 Å². The van der Waals surface area contributed by atoms with E-state index >= 15 is 0 Å². The molecule has 30 heavy (non-hydrogen) atoms. The first kappa shape index (κ1) is 21.0. The average molecular weight is 516 g/mol. The average Bonchev–Trinajstić information content (AvgIpc) is 3.04. The fourth-order valence-electron chi connectivity index (χ4n) is 4.46. The summed E-state index contributed by atoms with van der Waals surface area (Å²) in [6, 6.07) is 14.0. The first-order chi connectivity index (χ1) is 14.5. The SMILES string of the molecule is Cc1ccc(C(=O)N(C2CCCCC2)C2CC(=O)N(c3ccc(I)cc3)C2=O)cc1. The van der Waals surface area contributed by atoms with Gasteiger partial charge in [-0.15, -0.1) is 0 Å². The maximum Gasteiger partial charge on any atom is 0.257 e. The van der Waals surface area contributed by atoms with E-state index in [1.165, 1.54) is 4.90 Å². The molecule has 1 atom stereocenters. The molecule has 2 aromatic carbocycles. The second-order valence-electron chi connectivity index (χ2n) is 8.13. The highest BCUT2D eigenvalue weighted by Crippen LogP contribution is 2.32. The van der Waals surface area contributed by atoms with E-state index in [0.717, 1.165) is 41.2 Å². The molecule has 0 bridgehead atoms. The van der Waals surface area contributed by atoms with Crippen LogP contribution in [-0.4, -0.2) is 34.7 Å². The minimum Gasteiger partial charge on any atom is -0.323 e. The molecular weight excluding hydrogens is 491 g/mol. The van der Waals surface area contributed by atoms with Gasteiger partial charge in [0.25, 0.3) is 11.8 Å². The normalized spacial score (nSPS) is 19.9. The smallest absolute Gasteiger partial charge is 0.257 e. The Balaban J connectivity index is 1.67. The van der Waals surface area contributed by atoms with Crippen LogP contribution in [0.2, 0.25) is 0 Å². The largest absolute Gasteiger partial charge is 0.323 e. The van der Waals surface area contributed by atoms with Gasteiger partial charge in [0.2, 0.25) is 5.91 Å². The van der Waals surface area contributed by atoms with Crippen LogP contribution in [0.15, 0.2) is 48.5 Å². The van der Waals surface area contributed by atoms with E-state index in [2.05, 4.69) is 22.6 Å². The molecule has 6 heteroatoms. The van der Waals surface area contributed by atoms with Crippen LogP contribution in [-0.2, 0) is 9.59 Å². The van der Waals surface area contributed by atoms with Crippen LogP contribution in [0.4, 0.5) is 5.69 Å². The van der Waals surface area contributed by atoms with Gasteiger partial charge < -0.3 is 4.90 Å². The number of amides is 3. The molecule has 0 aromatic heterocycles. The molecule has 2 aromatic rings. The minimum atomic E-state index is -0.742. The van der Waals surface area contributed by atoms with Crippen LogP contribution >= 0.6 is 22.6 Å². The van der Waals surface area contributed by atoms with Gasteiger partial charge in [-0.05, 0) is 78.8 Å². The molecule has 0 N–H and O–H groups in total. The van der Waals surface area contributed by atoms with Gasteiger partial charge >= 0.3 is 0 Å². The molecule has 156 valence electrons. The second kappa shape index (κ2) is 8.88. The third-order valence-electron chi connectivity index (χ3n) is 6.04. The third kappa shape index (κ3) is 4.15. The molecule has 2 fully saturated rings. The number of hydrogen-bond donors (Lipinski definition) is 0. The first-order valence-corrected chi connectivity index (χ1v) is 11.6. The van der Waals surface area contributed by atoms with Crippen molar-refractivity contribution in [2.24, 2.45) is 0 Å². The van der Waals surface area contributed by atoms with E-state index in [-0.39, 0.29) is 30.2 Å². The lowest BCUT2D eigenvalue weighted by atomic mass is 9.92. The van der Waals surface area contributed by atoms with E-state index in [4.69, 9.17) is 0 Å². The zero-order chi connectivity index (χ0) is 21.3. The molecule has 3 amide bonds. The molecule has 4 rings (SSSR count). The van der Waals surface area contributed by atoms with Crippen LogP contribution in [0.1, 0.15) is 54.4 Å². The van der Waals surface area contributed by atoms with Crippen molar-refractivity contribution in [3.05, 3.63) is 63.2 Å². The Hall–Kier alpha value is -2.22. The van der Waals surface area contributed by atoms with Gasteiger partial charge in [-0.25, -0.2) is 4.90 Å². The Bertz CT molecular complexity index is 949. The summed E-state index contributed by atoms with van der Waals surface area (Å²) in [7, 11) is 0. The molecule has 1 saturated heterocycles. The summed E-state index contributed by atoms with van der Waals surface area (Å²) >= 11 is 2.19. The van der Waals surface area contributed by atoms with Gasteiger partial charge in [0.05, 0.1) is 12.1 Å². The first-order valence-electron chi connectivity index (χ1n) is 10.5. The molecule has 1 heterocycles. The molecule has 1 saturated carbocycles. The number of nitrogens with zero attached hydrogens (tertiary/aromatic N) is 2. The predicted octanol–water partition coefficient (Wildman–Crippen LogP) is 4.71. The summed E-state index contributed by atoms with van der Waals surface area (Å²) in [5, 5.41) is 0. The zero-order valence-corrected chi connectivity index (χ0v) is 19.2. The fourth-order valence-corrected chi connectivity index (χ4v) is 4.82. The Morgan fingerprint density at radius 2 is 1.60 bits per heavy atom. The number of rotatable bonds is 4. The van der Waals surface area contributed by atoms with Crippen molar-refractivity contribution in [1.29, 1.82) is 0 Å². The van der Waals surface area contributed by atoms with Gasteiger partial charge in [0.15, 0.2) is 0 Å². The third-order valence-corrected chi connectivity index (χ3v) is 6.76. The van der Waals surface area contributed by atoms with E-state index < -0.39 is 6.04 Å². The quantitative estimate of drug-likeness (QED) is 0.437. The Morgan fingerprint density at radius 3 is 2.23 bits per heavy atom. The standard InChI is InChI=1S/C24H25IN2O3/c1-16-7-9-17(10-8-16)23(29)26(19-5-3-2-4-6-19)21-15-22(28)27(24(21)30)20-13-11-18(25)12-14-20/h7-14,19,21H,2-6,15H2,1H3. The van der Waals surface area contributed by atoms with Crippen molar-refractivity contribution >= 4 is 46.0 Å². The highest BCUT2D eigenvalue weighted by Gasteiger charge is 2.46. The minimum absolute atomic E-state index is 0.00836. The number of carbonyl (C=O) groups excluding carboxylic acids is 3. The lowest BCUT2D eigenvalue weighted by molar-refractivity contribution is -0.123. The molecule has 1 aliphatic carbocycles. The van der Waals surface area contributed by atoms with Crippen molar-refractivity contribution < 1.29 is 14.4 Å². The van der Waals surface area contributed by atoms with Gasteiger partial charge in [0, 0.05) is 15.2 Å². The molecule has 5 nitrogen and oxygen atoms in total. The molecule has 1 unspecified atom stereocenters. The lowest BCUT2D eigenvalue weighted by Gasteiger charge is -2.37. The summed E-state index contributed by atoms with van der Waals surface area (Å²) in [6.45, 7) is 1.98. The zero-order valence-electron chi connectivity index (χ0n) is 17.0.